The molecule has 0 saturated carbocycles. The van der Waals surface area contributed by atoms with E-state index in [-0.39, 0.29) is 23.3 Å². The van der Waals surface area contributed by atoms with Gasteiger partial charge in [0, 0.05) is 24.9 Å². The van der Waals surface area contributed by atoms with E-state index < -0.39 is 0 Å². The zero-order valence-electron chi connectivity index (χ0n) is 12.5. The summed E-state index contributed by atoms with van der Waals surface area (Å²) < 4.78 is 0. The van der Waals surface area contributed by atoms with E-state index >= 15 is 0 Å². The summed E-state index contributed by atoms with van der Waals surface area (Å²) in [7, 11) is 0. The molecule has 2 rings (SSSR count). The molecule has 3 N–H and O–H groups in total. The molecule has 0 spiro atoms. The second-order valence-electron chi connectivity index (χ2n) is 5.33. The predicted octanol–water partition coefficient (Wildman–Crippen LogP) is 2.03. The van der Waals surface area contributed by atoms with Crippen LogP contribution in [0.2, 0.25) is 0 Å². The van der Waals surface area contributed by atoms with Crippen molar-refractivity contribution in [1.29, 1.82) is 0 Å². The Morgan fingerprint density at radius 3 is 2.73 bits per heavy atom. The monoisotopic (exact) mass is 300 g/mol. The fourth-order valence-corrected chi connectivity index (χ4v) is 2.19. The molecule has 1 aromatic heterocycles. The Morgan fingerprint density at radius 2 is 2.05 bits per heavy atom. The Bertz CT molecular complexity index is 629. The minimum absolute atomic E-state index is 0.0311. The van der Waals surface area contributed by atoms with Crippen molar-refractivity contribution >= 4 is 5.91 Å². The van der Waals surface area contributed by atoms with Gasteiger partial charge in [0.1, 0.15) is 0 Å². The molecule has 1 unspecified atom stereocenters. The third-order valence-electron chi connectivity index (χ3n) is 3.46. The molecule has 1 amide bonds. The minimum atomic E-state index is -0.210. The Balaban J connectivity index is 1.80. The Hall–Kier alpha value is -2.56. The molecule has 0 bridgehead atoms. The second kappa shape index (κ2) is 7.45. The van der Waals surface area contributed by atoms with E-state index in [0.29, 0.717) is 13.0 Å². The van der Waals surface area contributed by atoms with E-state index in [1.54, 1.807) is 18.5 Å². The summed E-state index contributed by atoms with van der Waals surface area (Å²) in [6, 6.07) is 8.46. The van der Waals surface area contributed by atoms with Crippen LogP contribution in [0, 0.1) is 5.92 Å². The van der Waals surface area contributed by atoms with Crippen LogP contribution in [0.25, 0.3) is 0 Å². The highest BCUT2D eigenvalue weighted by Gasteiger charge is 2.14. The van der Waals surface area contributed by atoms with E-state index in [4.69, 9.17) is 0 Å². The molecule has 0 aliphatic heterocycles. The van der Waals surface area contributed by atoms with Crippen LogP contribution in [-0.4, -0.2) is 27.6 Å². The lowest BCUT2D eigenvalue weighted by Crippen LogP contribution is -2.31. The van der Waals surface area contributed by atoms with Gasteiger partial charge in [0.05, 0.1) is 0 Å². The molecule has 1 heterocycles. The molecule has 0 saturated heterocycles. The minimum Gasteiger partial charge on any atom is -0.504 e. The van der Waals surface area contributed by atoms with Gasteiger partial charge in [0.15, 0.2) is 11.5 Å². The summed E-state index contributed by atoms with van der Waals surface area (Å²) in [6.07, 6.45) is 4.75. The lowest BCUT2D eigenvalue weighted by Gasteiger charge is -2.12. The van der Waals surface area contributed by atoms with Crippen LogP contribution in [0.4, 0.5) is 0 Å². The van der Waals surface area contributed by atoms with Crippen molar-refractivity contribution in [2.75, 3.05) is 6.54 Å². The Labute approximate surface area is 129 Å². The number of hydrogen-bond donors (Lipinski definition) is 3. The molecular formula is C17H20N2O3. The molecule has 1 atom stereocenters. The zero-order chi connectivity index (χ0) is 15.9. The fraction of sp³-hybridized carbons (Fsp3) is 0.294. The van der Waals surface area contributed by atoms with Crippen molar-refractivity contribution in [2.24, 2.45) is 5.92 Å². The van der Waals surface area contributed by atoms with E-state index in [9.17, 15) is 15.0 Å². The second-order valence-corrected chi connectivity index (χ2v) is 5.33. The number of aromatic nitrogens is 1. The quantitative estimate of drug-likeness (QED) is 0.713. The lowest BCUT2D eigenvalue weighted by molar-refractivity contribution is -0.124. The van der Waals surface area contributed by atoms with Crippen LogP contribution in [0.3, 0.4) is 0 Å². The SMILES string of the molecule is CC(Cc1ccc(O)c(O)c1)C(=O)NCCc1cccnc1. The van der Waals surface area contributed by atoms with E-state index in [1.807, 2.05) is 19.1 Å². The molecule has 5 nitrogen and oxygen atoms in total. The summed E-state index contributed by atoms with van der Waals surface area (Å²) in [5, 5.41) is 21.6. The number of phenols is 2. The average Bonchev–Trinajstić information content (AvgIpc) is 2.52. The van der Waals surface area contributed by atoms with E-state index in [0.717, 1.165) is 17.5 Å². The molecular weight excluding hydrogens is 280 g/mol. The Kier molecular flexibility index (Phi) is 5.36. The van der Waals surface area contributed by atoms with Gasteiger partial charge < -0.3 is 15.5 Å². The van der Waals surface area contributed by atoms with Crippen LogP contribution in [-0.2, 0) is 17.6 Å². The number of nitrogens with one attached hydrogen (secondary N) is 1. The predicted molar refractivity (Wildman–Crippen MR) is 83.6 cm³/mol. The van der Waals surface area contributed by atoms with Gasteiger partial charge in [-0.15, -0.1) is 0 Å². The number of benzene rings is 1. The Morgan fingerprint density at radius 1 is 1.23 bits per heavy atom. The number of amides is 1. The van der Waals surface area contributed by atoms with Crippen molar-refractivity contribution in [3.8, 4) is 11.5 Å². The summed E-state index contributed by atoms with van der Waals surface area (Å²) >= 11 is 0. The number of nitrogens with zero attached hydrogens (tertiary/aromatic N) is 1. The van der Waals surface area contributed by atoms with Crippen LogP contribution in [0.5, 0.6) is 11.5 Å². The smallest absolute Gasteiger partial charge is 0.223 e. The number of carbonyl (C=O) groups excluding carboxylic acids is 1. The molecule has 2 aromatic rings. The van der Waals surface area contributed by atoms with E-state index in [2.05, 4.69) is 10.3 Å². The van der Waals surface area contributed by atoms with Crippen LogP contribution in [0.15, 0.2) is 42.7 Å². The lowest BCUT2D eigenvalue weighted by atomic mass is 10.00. The number of rotatable bonds is 6. The largest absolute Gasteiger partial charge is 0.504 e. The normalized spacial score (nSPS) is 11.9. The van der Waals surface area contributed by atoms with Crippen molar-refractivity contribution in [1.82, 2.24) is 10.3 Å². The van der Waals surface area contributed by atoms with Crippen LogP contribution >= 0.6 is 0 Å². The molecule has 22 heavy (non-hydrogen) atoms. The molecule has 116 valence electrons. The number of hydrogen-bond acceptors (Lipinski definition) is 4. The van der Waals surface area contributed by atoms with Gasteiger partial charge >= 0.3 is 0 Å². The van der Waals surface area contributed by atoms with Crippen LogP contribution in [0.1, 0.15) is 18.1 Å². The van der Waals surface area contributed by atoms with E-state index in [1.165, 1.54) is 12.1 Å². The summed E-state index contributed by atoms with van der Waals surface area (Å²) in [5.74, 6) is -0.562. The van der Waals surface area contributed by atoms with Gasteiger partial charge in [-0.05, 0) is 42.2 Å². The summed E-state index contributed by atoms with van der Waals surface area (Å²) in [5.41, 5.74) is 1.89. The van der Waals surface area contributed by atoms with Crippen molar-refractivity contribution in [3.63, 3.8) is 0 Å². The van der Waals surface area contributed by atoms with Crippen molar-refractivity contribution in [2.45, 2.75) is 19.8 Å². The number of phenolic OH excluding ortho intramolecular Hbond substituents is 2. The van der Waals surface area contributed by atoms with Gasteiger partial charge in [-0.3, -0.25) is 9.78 Å². The maximum Gasteiger partial charge on any atom is 0.223 e. The molecule has 0 radical (unpaired) electrons. The maximum atomic E-state index is 12.1. The molecule has 5 heteroatoms. The highest BCUT2D eigenvalue weighted by atomic mass is 16.3. The molecule has 0 aliphatic carbocycles. The van der Waals surface area contributed by atoms with Gasteiger partial charge in [0.2, 0.25) is 5.91 Å². The number of pyridine rings is 1. The average molecular weight is 300 g/mol. The third kappa shape index (κ3) is 4.48. The standard InChI is InChI=1S/C17H20N2O3/c1-12(9-14-4-5-15(20)16(21)10-14)17(22)19-8-6-13-3-2-7-18-11-13/h2-5,7,10-12,20-21H,6,8-9H2,1H3,(H,19,22). The molecule has 0 aliphatic rings. The number of carbonyl (C=O) groups is 1. The molecule has 1 aromatic carbocycles. The highest BCUT2D eigenvalue weighted by Crippen LogP contribution is 2.26. The van der Waals surface area contributed by atoms with Crippen molar-refractivity contribution in [3.05, 3.63) is 53.9 Å². The first kappa shape index (κ1) is 15.8. The molecule has 0 fully saturated rings. The first-order valence-corrected chi connectivity index (χ1v) is 7.23. The first-order valence-electron chi connectivity index (χ1n) is 7.23. The topological polar surface area (TPSA) is 82.5 Å². The summed E-state index contributed by atoms with van der Waals surface area (Å²) in [6.45, 7) is 2.40. The third-order valence-corrected chi connectivity index (χ3v) is 3.46. The van der Waals surface area contributed by atoms with Crippen molar-refractivity contribution < 1.29 is 15.0 Å². The van der Waals surface area contributed by atoms with Gasteiger partial charge in [0.25, 0.3) is 0 Å². The van der Waals surface area contributed by atoms with Gasteiger partial charge in [-0.1, -0.05) is 19.1 Å². The number of aromatic hydroxyl groups is 2. The zero-order valence-corrected chi connectivity index (χ0v) is 12.5. The highest BCUT2D eigenvalue weighted by molar-refractivity contribution is 5.78. The fourth-order valence-electron chi connectivity index (χ4n) is 2.19. The van der Waals surface area contributed by atoms with Gasteiger partial charge in [-0.2, -0.15) is 0 Å². The van der Waals surface area contributed by atoms with Crippen LogP contribution < -0.4 is 5.32 Å². The first-order chi connectivity index (χ1) is 10.6. The van der Waals surface area contributed by atoms with Gasteiger partial charge in [-0.25, -0.2) is 0 Å². The maximum absolute atomic E-state index is 12.1. The summed E-state index contributed by atoms with van der Waals surface area (Å²) in [4.78, 5) is 16.1.